The standard InChI is InChI=1S/C7H10N2/c8-3-5-1-2-7-6(5)4-9-7/h5-7,9H,1-2,4H2. The maximum absolute atomic E-state index is 8.61. The molecule has 1 heterocycles. The van der Waals surface area contributed by atoms with E-state index in [2.05, 4.69) is 11.4 Å². The van der Waals surface area contributed by atoms with Crippen LogP contribution in [0.4, 0.5) is 0 Å². The molecule has 2 aliphatic rings. The fourth-order valence-corrected chi connectivity index (χ4v) is 1.89. The Kier molecular flexibility index (Phi) is 1.000. The Hall–Kier alpha value is -0.550. The fourth-order valence-electron chi connectivity index (χ4n) is 1.89. The quantitative estimate of drug-likeness (QED) is 0.508. The Morgan fingerprint density at radius 3 is 2.67 bits per heavy atom. The minimum Gasteiger partial charge on any atom is -0.313 e. The van der Waals surface area contributed by atoms with E-state index < -0.39 is 0 Å². The van der Waals surface area contributed by atoms with Crippen LogP contribution in [0, 0.1) is 23.2 Å². The molecule has 2 rings (SSSR count). The van der Waals surface area contributed by atoms with Crippen LogP contribution >= 0.6 is 0 Å². The second kappa shape index (κ2) is 1.71. The Morgan fingerprint density at radius 1 is 1.44 bits per heavy atom. The average molecular weight is 122 g/mol. The van der Waals surface area contributed by atoms with Crippen LogP contribution < -0.4 is 5.32 Å². The molecular formula is C7H10N2. The van der Waals surface area contributed by atoms with Gasteiger partial charge in [-0.05, 0) is 12.8 Å². The van der Waals surface area contributed by atoms with Crippen molar-refractivity contribution >= 4 is 0 Å². The van der Waals surface area contributed by atoms with Crippen molar-refractivity contribution in [3.8, 4) is 6.07 Å². The summed E-state index contributed by atoms with van der Waals surface area (Å²) in [4.78, 5) is 0. The van der Waals surface area contributed by atoms with E-state index in [1.54, 1.807) is 0 Å². The lowest BCUT2D eigenvalue weighted by atomic mass is 9.89. The molecular weight excluding hydrogens is 112 g/mol. The minimum absolute atomic E-state index is 0.372. The molecule has 2 fully saturated rings. The van der Waals surface area contributed by atoms with E-state index in [-0.39, 0.29) is 0 Å². The van der Waals surface area contributed by atoms with Gasteiger partial charge in [0.25, 0.3) is 0 Å². The SMILES string of the molecule is N#CC1CCC2NCC12. The first-order chi connectivity index (χ1) is 4.42. The van der Waals surface area contributed by atoms with Crippen LogP contribution in [-0.2, 0) is 0 Å². The smallest absolute Gasteiger partial charge is 0.0659 e. The molecule has 0 aromatic rings. The van der Waals surface area contributed by atoms with Gasteiger partial charge >= 0.3 is 0 Å². The van der Waals surface area contributed by atoms with E-state index in [9.17, 15) is 0 Å². The van der Waals surface area contributed by atoms with Crippen molar-refractivity contribution in [1.82, 2.24) is 5.32 Å². The van der Waals surface area contributed by atoms with E-state index >= 15 is 0 Å². The van der Waals surface area contributed by atoms with Crippen LogP contribution in [0.15, 0.2) is 0 Å². The van der Waals surface area contributed by atoms with Gasteiger partial charge in [0.1, 0.15) is 0 Å². The summed E-state index contributed by atoms with van der Waals surface area (Å²) in [7, 11) is 0. The van der Waals surface area contributed by atoms with Crippen molar-refractivity contribution in [3.05, 3.63) is 0 Å². The second-order valence-corrected chi connectivity index (χ2v) is 2.99. The summed E-state index contributed by atoms with van der Waals surface area (Å²) in [6, 6.07) is 3.06. The molecule has 0 radical (unpaired) electrons. The van der Waals surface area contributed by atoms with Crippen LogP contribution in [0.25, 0.3) is 0 Å². The molecule has 1 N–H and O–H groups in total. The van der Waals surface area contributed by atoms with Gasteiger partial charge in [-0.3, -0.25) is 0 Å². The maximum Gasteiger partial charge on any atom is 0.0659 e. The highest BCUT2D eigenvalue weighted by Gasteiger charge is 2.41. The van der Waals surface area contributed by atoms with Gasteiger partial charge in [-0.25, -0.2) is 0 Å². The monoisotopic (exact) mass is 122 g/mol. The van der Waals surface area contributed by atoms with Gasteiger partial charge in [0.2, 0.25) is 0 Å². The Bertz CT molecular complexity index is 159. The van der Waals surface area contributed by atoms with E-state index in [1.165, 1.54) is 6.42 Å². The Balaban J connectivity index is 2.07. The summed E-state index contributed by atoms with van der Waals surface area (Å²) >= 11 is 0. The molecule has 0 spiro atoms. The van der Waals surface area contributed by atoms with Crippen LogP contribution in [0.5, 0.6) is 0 Å². The predicted molar refractivity (Wildman–Crippen MR) is 33.6 cm³/mol. The number of nitrogens with zero attached hydrogens (tertiary/aromatic N) is 1. The number of rotatable bonds is 0. The fraction of sp³-hybridized carbons (Fsp3) is 0.857. The molecule has 0 aromatic heterocycles. The summed E-state index contributed by atoms with van der Waals surface area (Å²) in [6.07, 6.45) is 2.35. The molecule has 0 aromatic carbocycles. The molecule has 1 saturated heterocycles. The van der Waals surface area contributed by atoms with E-state index in [1.807, 2.05) is 0 Å². The summed E-state index contributed by atoms with van der Waals surface area (Å²) in [5.41, 5.74) is 0. The van der Waals surface area contributed by atoms with E-state index in [4.69, 9.17) is 5.26 Å². The zero-order valence-electron chi connectivity index (χ0n) is 5.30. The Morgan fingerprint density at radius 2 is 2.33 bits per heavy atom. The lowest BCUT2D eigenvalue weighted by Crippen LogP contribution is -2.51. The van der Waals surface area contributed by atoms with E-state index in [0.29, 0.717) is 17.9 Å². The molecule has 1 saturated carbocycles. The largest absolute Gasteiger partial charge is 0.313 e. The molecule has 0 bridgehead atoms. The number of hydrogen-bond acceptors (Lipinski definition) is 2. The number of nitrogens with one attached hydrogen (secondary N) is 1. The molecule has 2 heteroatoms. The highest BCUT2D eigenvalue weighted by atomic mass is 15.0. The van der Waals surface area contributed by atoms with E-state index in [0.717, 1.165) is 13.0 Å². The summed E-state index contributed by atoms with van der Waals surface area (Å²) in [6.45, 7) is 1.09. The van der Waals surface area contributed by atoms with Crippen LogP contribution in [0.1, 0.15) is 12.8 Å². The molecule has 48 valence electrons. The molecule has 0 amide bonds. The normalized spacial score (nSPS) is 47.2. The number of fused-ring (bicyclic) bond motifs is 1. The predicted octanol–water partition coefficient (Wildman–Crippen LogP) is 0.508. The first-order valence-electron chi connectivity index (χ1n) is 3.55. The van der Waals surface area contributed by atoms with Crippen molar-refractivity contribution in [2.24, 2.45) is 11.8 Å². The Labute approximate surface area is 54.9 Å². The number of nitriles is 1. The third kappa shape index (κ3) is 0.585. The van der Waals surface area contributed by atoms with Crippen molar-refractivity contribution < 1.29 is 0 Å². The topological polar surface area (TPSA) is 35.8 Å². The van der Waals surface area contributed by atoms with Crippen molar-refractivity contribution in [1.29, 1.82) is 5.26 Å². The first kappa shape index (κ1) is 5.25. The van der Waals surface area contributed by atoms with Crippen LogP contribution in [0.3, 0.4) is 0 Å². The lowest BCUT2D eigenvalue weighted by molar-refractivity contribution is 0.246. The maximum atomic E-state index is 8.61. The molecule has 2 nitrogen and oxygen atoms in total. The van der Waals surface area contributed by atoms with Crippen LogP contribution in [0.2, 0.25) is 0 Å². The van der Waals surface area contributed by atoms with Gasteiger partial charge < -0.3 is 5.32 Å². The van der Waals surface area contributed by atoms with Gasteiger partial charge in [-0.15, -0.1) is 0 Å². The lowest BCUT2D eigenvalue weighted by Gasteiger charge is -2.33. The molecule has 3 unspecified atom stereocenters. The second-order valence-electron chi connectivity index (χ2n) is 2.99. The van der Waals surface area contributed by atoms with Gasteiger partial charge in [0.15, 0.2) is 0 Å². The highest BCUT2D eigenvalue weighted by Crippen LogP contribution is 2.36. The summed E-state index contributed by atoms with van der Waals surface area (Å²) < 4.78 is 0. The minimum atomic E-state index is 0.372. The molecule has 3 atom stereocenters. The van der Waals surface area contributed by atoms with Crippen LogP contribution in [-0.4, -0.2) is 12.6 Å². The zero-order valence-corrected chi connectivity index (χ0v) is 5.30. The third-order valence-corrected chi connectivity index (χ3v) is 2.60. The average Bonchev–Trinajstić information content (AvgIpc) is 2.07. The van der Waals surface area contributed by atoms with Gasteiger partial charge in [-0.2, -0.15) is 5.26 Å². The first-order valence-corrected chi connectivity index (χ1v) is 3.55. The number of hydrogen-bond donors (Lipinski definition) is 1. The third-order valence-electron chi connectivity index (χ3n) is 2.60. The molecule has 1 aliphatic carbocycles. The highest BCUT2D eigenvalue weighted by molar-refractivity contribution is 5.05. The van der Waals surface area contributed by atoms with Gasteiger partial charge in [-0.1, -0.05) is 0 Å². The summed E-state index contributed by atoms with van der Waals surface area (Å²) in [5, 5.41) is 11.9. The molecule has 9 heavy (non-hydrogen) atoms. The zero-order chi connectivity index (χ0) is 6.27. The van der Waals surface area contributed by atoms with Gasteiger partial charge in [0.05, 0.1) is 12.0 Å². The molecule has 1 aliphatic heterocycles. The van der Waals surface area contributed by atoms with Crippen molar-refractivity contribution in [2.45, 2.75) is 18.9 Å². The van der Waals surface area contributed by atoms with Crippen molar-refractivity contribution in [2.75, 3.05) is 6.54 Å². The van der Waals surface area contributed by atoms with Crippen molar-refractivity contribution in [3.63, 3.8) is 0 Å². The van der Waals surface area contributed by atoms with Gasteiger partial charge in [0, 0.05) is 18.5 Å². The summed E-state index contributed by atoms with van der Waals surface area (Å²) in [5.74, 6) is 1.08.